The maximum Gasteiger partial charge on any atom is 0.338 e. The van der Waals surface area contributed by atoms with E-state index in [1.54, 1.807) is 19.2 Å². The lowest BCUT2D eigenvalue weighted by atomic mass is 10.0. The summed E-state index contributed by atoms with van der Waals surface area (Å²) < 4.78 is 30.4. The molecule has 0 atom stereocenters. The average Bonchev–Trinajstić information content (AvgIpc) is 2.70. The van der Waals surface area contributed by atoms with Gasteiger partial charge in [0.1, 0.15) is 0 Å². The van der Waals surface area contributed by atoms with Gasteiger partial charge >= 0.3 is 5.97 Å². The van der Waals surface area contributed by atoms with Crippen molar-refractivity contribution in [1.29, 1.82) is 0 Å². The molecule has 154 valence electrons. The van der Waals surface area contributed by atoms with Crippen molar-refractivity contribution in [2.24, 2.45) is 0 Å². The largest absolute Gasteiger partial charge is 0.452 e. The highest BCUT2D eigenvalue weighted by molar-refractivity contribution is 7.92. The Balaban J connectivity index is 1.62. The van der Waals surface area contributed by atoms with Crippen LogP contribution in [-0.4, -0.2) is 51.6 Å². The minimum atomic E-state index is -3.36. The number of fused-ring (bicyclic) bond motifs is 1. The number of likely N-dealkylation sites (N-methyl/N-ethyl adjacent to an activating group) is 1. The predicted octanol–water partition coefficient (Wildman–Crippen LogP) is 2.21. The molecule has 1 aliphatic heterocycles. The van der Waals surface area contributed by atoms with Crippen molar-refractivity contribution in [3.8, 4) is 0 Å². The molecule has 2 aromatic carbocycles. The van der Waals surface area contributed by atoms with Gasteiger partial charge in [0, 0.05) is 20.1 Å². The monoisotopic (exact) mass is 416 g/mol. The van der Waals surface area contributed by atoms with E-state index >= 15 is 0 Å². The quantitative estimate of drug-likeness (QED) is 0.674. The fourth-order valence-corrected chi connectivity index (χ4v) is 4.30. The second kappa shape index (κ2) is 8.65. The average molecular weight is 416 g/mol. The van der Waals surface area contributed by atoms with Gasteiger partial charge in [0.05, 0.1) is 17.5 Å². The van der Waals surface area contributed by atoms with Crippen LogP contribution in [-0.2, 0) is 32.5 Å². The topological polar surface area (TPSA) is 84.0 Å². The lowest BCUT2D eigenvalue weighted by Gasteiger charge is -2.29. The van der Waals surface area contributed by atoms with Gasteiger partial charge in [0.15, 0.2) is 6.61 Å². The van der Waals surface area contributed by atoms with E-state index in [1.807, 2.05) is 30.3 Å². The van der Waals surface area contributed by atoms with Crippen molar-refractivity contribution >= 4 is 27.6 Å². The molecule has 8 heteroatoms. The summed E-state index contributed by atoms with van der Waals surface area (Å²) in [4.78, 5) is 26.1. The van der Waals surface area contributed by atoms with Crippen LogP contribution in [0.3, 0.4) is 0 Å². The van der Waals surface area contributed by atoms with E-state index in [9.17, 15) is 18.0 Å². The number of hydrogen-bond donors (Lipinski definition) is 0. The predicted molar refractivity (Wildman–Crippen MR) is 110 cm³/mol. The first-order chi connectivity index (χ1) is 13.8. The van der Waals surface area contributed by atoms with Crippen LogP contribution in [0.1, 0.15) is 27.9 Å². The minimum absolute atomic E-state index is 0.302. The summed E-state index contributed by atoms with van der Waals surface area (Å²) in [7, 11) is -1.71. The fraction of sp³-hybridized carbons (Fsp3) is 0.333. The fourth-order valence-electron chi connectivity index (χ4n) is 3.30. The minimum Gasteiger partial charge on any atom is -0.452 e. The van der Waals surface area contributed by atoms with E-state index in [1.165, 1.54) is 21.5 Å². The molecule has 7 nitrogen and oxygen atoms in total. The highest BCUT2D eigenvalue weighted by atomic mass is 32.2. The molecule has 0 bridgehead atoms. The van der Waals surface area contributed by atoms with Gasteiger partial charge in [-0.3, -0.25) is 9.10 Å². The number of sulfonamides is 1. The van der Waals surface area contributed by atoms with Gasteiger partial charge in [-0.2, -0.15) is 0 Å². The molecular formula is C21H24N2O5S. The van der Waals surface area contributed by atoms with Gasteiger partial charge < -0.3 is 9.64 Å². The van der Waals surface area contributed by atoms with Gasteiger partial charge in [-0.1, -0.05) is 30.3 Å². The molecule has 0 N–H and O–H groups in total. The Morgan fingerprint density at radius 3 is 2.55 bits per heavy atom. The van der Waals surface area contributed by atoms with Gasteiger partial charge in [0.2, 0.25) is 10.0 Å². The number of aryl methyl sites for hydroxylation is 1. The third-order valence-corrected chi connectivity index (χ3v) is 5.99. The highest BCUT2D eigenvalue weighted by Crippen LogP contribution is 2.30. The molecule has 0 aliphatic carbocycles. The van der Waals surface area contributed by atoms with Crippen LogP contribution in [0.2, 0.25) is 0 Å². The van der Waals surface area contributed by atoms with Crippen molar-refractivity contribution in [2.75, 3.05) is 30.8 Å². The second-order valence-electron chi connectivity index (χ2n) is 7.09. The smallest absolute Gasteiger partial charge is 0.338 e. The Labute approximate surface area is 170 Å². The Hall–Kier alpha value is -2.87. The van der Waals surface area contributed by atoms with Crippen LogP contribution in [0.15, 0.2) is 48.5 Å². The number of benzene rings is 2. The van der Waals surface area contributed by atoms with Gasteiger partial charge in [0.25, 0.3) is 5.91 Å². The molecule has 2 aromatic rings. The molecule has 0 saturated heterocycles. The molecule has 1 heterocycles. The van der Waals surface area contributed by atoms with Gasteiger partial charge in [-0.25, -0.2) is 13.2 Å². The van der Waals surface area contributed by atoms with Crippen molar-refractivity contribution in [3.05, 3.63) is 65.2 Å². The van der Waals surface area contributed by atoms with Crippen molar-refractivity contribution in [2.45, 2.75) is 19.4 Å². The summed E-state index contributed by atoms with van der Waals surface area (Å²) in [6, 6.07) is 14.3. The Kier molecular flexibility index (Phi) is 6.22. The van der Waals surface area contributed by atoms with Crippen LogP contribution >= 0.6 is 0 Å². The normalized spacial score (nSPS) is 13.5. The number of carbonyl (C=O) groups excluding carboxylic acids is 2. The highest BCUT2D eigenvalue weighted by Gasteiger charge is 2.25. The number of ether oxygens (including phenoxy) is 1. The molecular weight excluding hydrogens is 392 g/mol. The molecule has 1 aliphatic rings. The third-order valence-electron chi connectivity index (χ3n) is 4.81. The summed E-state index contributed by atoms with van der Waals surface area (Å²) in [6.07, 6.45) is 2.53. The Bertz CT molecular complexity index is 1000. The summed E-state index contributed by atoms with van der Waals surface area (Å²) in [5, 5.41) is 0. The summed E-state index contributed by atoms with van der Waals surface area (Å²) >= 11 is 0. The Morgan fingerprint density at radius 2 is 1.86 bits per heavy atom. The molecule has 0 radical (unpaired) electrons. The standard InChI is InChI=1S/C21H24N2O5S/c1-22(14-16-7-4-3-5-8-16)20(24)15-28-21(25)18-10-11-19-17(13-18)9-6-12-23(19)29(2,26)27/h3-5,7-8,10-11,13H,6,9,12,14-15H2,1-2H3. The first-order valence-corrected chi connectivity index (χ1v) is 11.2. The van der Waals surface area contributed by atoms with Crippen molar-refractivity contribution in [3.63, 3.8) is 0 Å². The zero-order chi connectivity index (χ0) is 21.0. The molecule has 1 amide bonds. The van der Waals surface area contributed by atoms with Crippen LogP contribution in [0.5, 0.6) is 0 Å². The molecule has 29 heavy (non-hydrogen) atoms. The molecule has 3 rings (SSSR count). The lowest BCUT2D eigenvalue weighted by molar-refractivity contribution is -0.133. The number of nitrogens with zero attached hydrogens (tertiary/aromatic N) is 2. The summed E-state index contributed by atoms with van der Waals surface area (Å²) in [6.45, 7) is 0.504. The van der Waals surface area contributed by atoms with E-state index in [0.717, 1.165) is 11.1 Å². The first-order valence-electron chi connectivity index (χ1n) is 9.31. The number of esters is 1. The second-order valence-corrected chi connectivity index (χ2v) is 9.00. The maximum absolute atomic E-state index is 12.4. The van der Waals surface area contributed by atoms with E-state index in [0.29, 0.717) is 37.2 Å². The molecule has 0 saturated carbocycles. The van der Waals surface area contributed by atoms with E-state index in [4.69, 9.17) is 4.74 Å². The molecule has 0 spiro atoms. The van der Waals surface area contributed by atoms with Crippen molar-refractivity contribution < 1.29 is 22.7 Å². The number of carbonyl (C=O) groups is 2. The third kappa shape index (κ3) is 5.14. The number of amides is 1. The maximum atomic E-state index is 12.4. The van der Waals surface area contributed by atoms with Crippen LogP contribution in [0.25, 0.3) is 0 Å². The van der Waals surface area contributed by atoms with E-state index in [-0.39, 0.29) is 12.5 Å². The molecule has 0 fully saturated rings. The van der Waals surface area contributed by atoms with Crippen LogP contribution < -0.4 is 4.31 Å². The number of hydrogen-bond acceptors (Lipinski definition) is 5. The molecule has 0 aromatic heterocycles. The number of rotatable bonds is 6. The van der Waals surface area contributed by atoms with Crippen LogP contribution in [0.4, 0.5) is 5.69 Å². The van der Waals surface area contributed by atoms with E-state index < -0.39 is 16.0 Å². The lowest BCUT2D eigenvalue weighted by Crippen LogP contribution is -2.34. The zero-order valence-electron chi connectivity index (χ0n) is 16.5. The van der Waals surface area contributed by atoms with Gasteiger partial charge in [-0.15, -0.1) is 0 Å². The van der Waals surface area contributed by atoms with Gasteiger partial charge in [-0.05, 0) is 42.2 Å². The number of anilines is 1. The van der Waals surface area contributed by atoms with Crippen molar-refractivity contribution in [1.82, 2.24) is 4.90 Å². The summed E-state index contributed by atoms with van der Waals surface area (Å²) in [5.41, 5.74) is 2.66. The Morgan fingerprint density at radius 1 is 1.14 bits per heavy atom. The zero-order valence-corrected chi connectivity index (χ0v) is 17.3. The SMILES string of the molecule is CN(Cc1ccccc1)C(=O)COC(=O)c1ccc2c(c1)CCCN2S(C)(=O)=O. The van der Waals surface area contributed by atoms with Crippen LogP contribution in [0, 0.1) is 0 Å². The first kappa shape index (κ1) is 20.9. The molecule has 0 unspecified atom stereocenters. The summed E-state index contributed by atoms with van der Waals surface area (Å²) in [5.74, 6) is -0.908. The van der Waals surface area contributed by atoms with E-state index in [2.05, 4.69) is 0 Å².